The molecule has 6 nitrogen and oxygen atoms in total. The predicted molar refractivity (Wildman–Crippen MR) is 109 cm³/mol. The van der Waals surface area contributed by atoms with E-state index in [-0.39, 0.29) is 5.91 Å². The fourth-order valence-electron chi connectivity index (χ4n) is 2.90. The van der Waals surface area contributed by atoms with E-state index in [2.05, 4.69) is 15.7 Å². The van der Waals surface area contributed by atoms with Gasteiger partial charge in [-0.15, -0.1) is 0 Å². The number of halogens is 2. The summed E-state index contributed by atoms with van der Waals surface area (Å²) in [5.74, 6) is -0.0421. The van der Waals surface area contributed by atoms with Crippen LogP contribution in [0.15, 0.2) is 24.4 Å². The summed E-state index contributed by atoms with van der Waals surface area (Å²) in [6.07, 6.45) is 4.81. The van der Waals surface area contributed by atoms with Crippen LogP contribution in [0.3, 0.4) is 0 Å². The predicted octanol–water partition coefficient (Wildman–Crippen LogP) is 4.16. The summed E-state index contributed by atoms with van der Waals surface area (Å²) in [6.45, 7) is 1.54. The highest BCUT2D eigenvalue weighted by Gasteiger charge is 2.24. The summed E-state index contributed by atoms with van der Waals surface area (Å²) >= 11 is 17.4. The Labute approximate surface area is 167 Å². The zero-order valence-electron chi connectivity index (χ0n) is 14.3. The number of carbonyl (C=O) groups is 1. The third-order valence-corrected chi connectivity index (χ3v) is 4.96. The van der Waals surface area contributed by atoms with Crippen molar-refractivity contribution in [3.8, 4) is 0 Å². The highest BCUT2D eigenvalue weighted by molar-refractivity contribution is 7.80. The van der Waals surface area contributed by atoms with Crippen LogP contribution in [-0.4, -0.2) is 38.8 Å². The number of anilines is 2. The summed E-state index contributed by atoms with van der Waals surface area (Å²) in [6, 6.07) is 5.08. The first-order chi connectivity index (χ1) is 12.5. The second kappa shape index (κ2) is 8.24. The highest BCUT2D eigenvalue weighted by Crippen LogP contribution is 2.26. The van der Waals surface area contributed by atoms with Crippen molar-refractivity contribution in [1.82, 2.24) is 14.7 Å². The molecule has 0 radical (unpaired) electrons. The van der Waals surface area contributed by atoms with Gasteiger partial charge >= 0.3 is 0 Å². The third kappa shape index (κ3) is 4.28. The Kier molecular flexibility index (Phi) is 6.01. The van der Waals surface area contributed by atoms with Crippen molar-refractivity contribution in [3.05, 3.63) is 40.1 Å². The molecule has 1 aromatic heterocycles. The maximum atomic E-state index is 12.9. The van der Waals surface area contributed by atoms with Crippen molar-refractivity contribution in [3.63, 3.8) is 0 Å². The van der Waals surface area contributed by atoms with Crippen molar-refractivity contribution in [2.45, 2.75) is 19.3 Å². The number of rotatable bonds is 3. The second-order valence-corrected chi connectivity index (χ2v) is 7.34. The number of amides is 1. The summed E-state index contributed by atoms with van der Waals surface area (Å²) in [7, 11) is 1.74. The fraction of sp³-hybridized carbons (Fsp3) is 0.353. The lowest BCUT2D eigenvalue weighted by atomic mass is 10.1. The van der Waals surface area contributed by atoms with E-state index >= 15 is 0 Å². The number of piperidine rings is 1. The van der Waals surface area contributed by atoms with Crippen LogP contribution in [0.1, 0.15) is 29.8 Å². The van der Waals surface area contributed by atoms with E-state index in [1.54, 1.807) is 36.1 Å². The van der Waals surface area contributed by atoms with Gasteiger partial charge in [-0.3, -0.25) is 9.48 Å². The van der Waals surface area contributed by atoms with Crippen LogP contribution in [0.5, 0.6) is 0 Å². The Morgan fingerprint density at radius 2 is 1.85 bits per heavy atom. The molecule has 1 saturated heterocycles. The Morgan fingerprint density at radius 3 is 2.54 bits per heavy atom. The van der Waals surface area contributed by atoms with Crippen LogP contribution in [0.4, 0.5) is 11.4 Å². The van der Waals surface area contributed by atoms with E-state index in [1.807, 2.05) is 4.90 Å². The summed E-state index contributed by atoms with van der Waals surface area (Å²) in [5, 5.41) is 11.6. The number of nitrogens with one attached hydrogen (secondary N) is 2. The molecule has 0 atom stereocenters. The lowest BCUT2D eigenvalue weighted by Gasteiger charge is -2.27. The van der Waals surface area contributed by atoms with Gasteiger partial charge in [-0.25, -0.2) is 0 Å². The molecule has 2 aromatic rings. The number of thiocarbonyl (C=S) groups is 1. The number of nitrogens with zero attached hydrogens (tertiary/aromatic N) is 3. The second-order valence-electron chi connectivity index (χ2n) is 6.09. The molecule has 0 saturated carbocycles. The smallest absolute Gasteiger partial charge is 0.274 e. The van der Waals surface area contributed by atoms with Gasteiger partial charge in [0.2, 0.25) is 0 Å². The molecule has 138 valence electrons. The molecule has 9 heteroatoms. The minimum Gasteiger partial charge on any atom is -0.337 e. The monoisotopic (exact) mass is 411 g/mol. The van der Waals surface area contributed by atoms with Crippen molar-refractivity contribution in [2.75, 3.05) is 23.7 Å². The zero-order chi connectivity index (χ0) is 18.7. The molecule has 3 rings (SSSR count). The van der Waals surface area contributed by atoms with Crippen LogP contribution in [-0.2, 0) is 7.05 Å². The van der Waals surface area contributed by atoms with Crippen LogP contribution in [0, 0.1) is 0 Å². The largest absolute Gasteiger partial charge is 0.337 e. The number of likely N-dealkylation sites (tertiary alicyclic amines) is 1. The molecule has 1 aliphatic rings. The lowest BCUT2D eigenvalue weighted by Crippen LogP contribution is -2.37. The standard InChI is InChI=1S/C17H19Cl2N5OS/c1-23-15(16(25)24-7-3-2-4-8-24)14(10-20-23)22-17(26)21-13-6-5-11(18)9-12(13)19/h5-6,9-10H,2-4,7-8H2,1H3,(H2,21,22,26). The molecule has 2 N–H and O–H groups in total. The number of hydrogen-bond donors (Lipinski definition) is 2. The molecule has 0 aliphatic carbocycles. The van der Waals surface area contributed by atoms with Crippen LogP contribution >= 0.6 is 35.4 Å². The van der Waals surface area contributed by atoms with Gasteiger partial charge in [0.25, 0.3) is 5.91 Å². The Bertz CT molecular complexity index is 833. The fourth-order valence-corrected chi connectivity index (χ4v) is 3.57. The minimum atomic E-state index is -0.0421. The maximum Gasteiger partial charge on any atom is 0.274 e. The van der Waals surface area contributed by atoms with E-state index < -0.39 is 0 Å². The topological polar surface area (TPSA) is 62.2 Å². The molecule has 2 heterocycles. The van der Waals surface area contributed by atoms with Crippen molar-refractivity contribution in [1.29, 1.82) is 0 Å². The van der Waals surface area contributed by atoms with E-state index in [0.29, 0.717) is 32.2 Å². The molecule has 26 heavy (non-hydrogen) atoms. The van der Waals surface area contributed by atoms with Gasteiger partial charge in [-0.2, -0.15) is 5.10 Å². The van der Waals surface area contributed by atoms with Crippen molar-refractivity contribution < 1.29 is 4.79 Å². The minimum absolute atomic E-state index is 0.0421. The molecular weight excluding hydrogens is 393 g/mol. The Hall–Kier alpha value is -1.83. The average molecular weight is 412 g/mol. The normalized spacial score (nSPS) is 14.2. The van der Waals surface area contributed by atoms with Crippen LogP contribution < -0.4 is 10.6 Å². The SMILES string of the molecule is Cn1ncc(NC(=S)Nc2ccc(Cl)cc2Cl)c1C(=O)N1CCCCC1. The number of hydrogen-bond acceptors (Lipinski definition) is 3. The van der Waals surface area contributed by atoms with Gasteiger partial charge in [0.05, 0.1) is 22.6 Å². The van der Waals surface area contributed by atoms with Crippen molar-refractivity contribution >= 4 is 57.8 Å². The van der Waals surface area contributed by atoms with Gasteiger partial charge in [-0.1, -0.05) is 23.2 Å². The van der Waals surface area contributed by atoms with Crippen LogP contribution in [0.25, 0.3) is 0 Å². The molecule has 0 unspecified atom stereocenters. The van der Waals surface area contributed by atoms with Gasteiger partial charge in [0.15, 0.2) is 5.11 Å². The zero-order valence-corrected chi connectivity index (χ0v) is 16.6. The summed E-state index contributed by atoms with van der Waals surface area (Å²) in [5.41, 5.74) is 1.67. The van der Waals surface area contributed by atoms with Crippen molar-refractivity contribution in [2.24, 2.45) is 7.05 Å². The lowest BCUT2D eigenvalue weighted by molar-refractivity contribution is 0.0714. The Balaban J connectivity index is 1.73. The number of carbonyl (C=O) groups excluding carboxylic acids is 1. The number of aryl methyl sites for hydroxylation is 1. The maximum absolute atomic E-state index is 12.9. The van der Waals surface area contributed by atoms with E-state index in [0.717, 1.165) is 32.4 Å². The van der Waals surface area contributed by atoms with Gasteiger partial charge in [-0.05, 0) is 49.7 Å². The Morgan fingerprint density at radius 1 is 1.15 bits per heavy atom. The molecule has 0 bridgehead atoms. The van der Waals surface area contributed by atoms with E-state index in [4.69, 9.17) is 35.4 Å². The summed E-state index contributed by atoms with van der Waals surface area (Å²) < 4.78 is 1.57. The first kappa shape index (κ1) is 18.9. The quantitative estimate of drug-likeness (QED) is 0.742. The molecular formula is C17H19Cl2N5OS. The first-order valence-corrected chi connectivity index (χ1v) is 9.46. The van der Waals surface area contributed by atoms with Gasteiger partial charge in [0.1, 0.15) is 5.69 Å². The molecule has 1 aromatic carbocycles. The van der Waals surface area contributed by atoms with Crippen LogP contribution in [0.2, 0.25) is 10.0 Å². The van der Waals surface area contributed by atoms with Gasteiger partial charge < -0.3 is 15.5 Å². The number of benzene rings is 1. The molecule has 1 amide bonds. The summed E-state index contributed by atoms with van der Waals surface area (Å²) in [4.78, 5) is 14.7. The van der Waals surface area contributed by atoms with Gasteiger partial charge in [0, 0.05) is 25.2 Å². The van der Waals surface area contributed by atoms with E-state index in [9.17, 15) is 4.79 Å². The molecule has 1 fully saturated rings. The first-order valence-electron chi connectivity index (χ1n) is 8.30. The third-order valence-electron chi connectivity index (χ3n) is 4.21. The average Bonchev–Trinajstić information content (AvgIpc) is 2.98. The highest BCUT2D eigenvalue weighted by atomic mass is 35.5. The molecule has 0 spiro atoms. The number of aromatic nitrogens is 2. The van der Waals surface area contributed by atoms with E-state index in [1.165, 1.54) is 0 Å². The molecule has 1 aliphatic heterocycles.